The van der Waals surface area contributed by atoms with Gasteiger partial charge in [0.25, 0.3) is 0 Å². The second-order valence-corrected chi connectivity index (χ2v) is 7.76. The quantitative estimate of drug-likeness (QED) is 0.648. The highest BCUT2D eigenvalue weighted by Gasteiger charge is 2.38. The maximum Gasteiger partial charge on any atom is 0.434 e. The first-order valence-electron chi connectivity index (χ1n) is 8.91. The average molecular weight is 407 g/mol. The van der Waals surface area contributed by atoms with Crippen molar-refractivity contribution in [3.63, 3.8) is 0 Å². The third kappa shape index (κ3) is 3.03. The van der Waals surface area contributed by atoms with E-state index in [4.69, 9.17) is 9.47 Å². The fourth-order valence-corrected chi connectivity index (χ4v) is 4.57. The number of hydrogen-bond acceptors (Lipinski definition) is 5. The van der Waals surface area contributed by atoms with Gasteiger partial charge in [0.15, 0.2) is 11.5 Å². The molecule has 5 nitrogen and oxygen atoms in total. The molecule has 1 fully saturated rings. The van der Waals surface area contributed by atoms with Crippen LogP contribution in [0.1, 0.15) is 30.5 Å². The van der Waals surface area contributed by atoms with Crippen molar-refractivity contribution in [1.82, 2.24) is 15.0 Å². The lowest BCUT2D eigenvalue weighted by molar-refractivity contribution is -0.159. The number of fused-ring (bicyclic) bond motifs is 1. The molecule has 146 valence electrons. The van der Waals surface area contributed by atoms with Crippen LogP contribution in [0.5, 0.6) is 0 Å². The summed E-state index contributed by atoms with van der Waals surface area (Å²) >= 11 is 0.977. The predicted octanol–water partition coefficient (Wildman–Crippen LogP) is 5.02. The van der Waals surface area contributed by atoms with E-state index in [-0.39, 0.29) is 0 Å². The Hall–Kier alpha value is -2.23. The molecule has 5 rings (SSSR count). The molecule has 0 atom stereocenters. The molecule has 28 heavy (non-hydrogen) atoms. The number of hydrogen-bond donors (Lipinski definition) is 1. The summed E-state index contributed by atoms with van der Waals surface area (Å²) in [7, 11) is 0. The second-order valence-electron chi connectivity index (χ2n) is 6.90. The molecule has 1 aliphatic carbocycles. The number of thiazole rings is 1. The Balaban J connectivity index is 1.49. The summed E-state index contributed by atoms with van der Waals surface area (Å²) in [5, 5.41) is 2.12. The number of aromatic nitrogens is 3. The maximum atomic E-state index is 12.9. The van der Waals surface area contributed by atoms with Crippen LogP contribution in [0.4, 0.5) is 13.2 Å². The van der Waals surface area contributed by atoms with Gasteiger partial charge in [0.1, 0.15) is 10.7 Å². The summed E-state index contributed by atoms with van der Waals surface area (Å²) in [6.45, 7) is 1.24. The van der Waals surface area contributed by atoms with E-state index in [1.807, 2.05) is 6.07 Å². The third-order valence-corrected chi connectivity index (χ3v) is 6.05. The van der Waals surface area contributed by atoms with Gasteiger partial charge in [0, 0.05) is 41.6 Å². The minimum Gasteiger partial charge on any atom is -0.347 e. The molecule has 9 heteroatoms. The van der Waals surface area contributed by atoms with Crippen LogP contribution in [0.2, 0.25) is 0 Å². The maximum absolute atomic E-state index is 12.9. The van der Waals surface area contributed by atoms with E-state index in [0.29, 0.717) is 35.9 Å². The largest absolute Gasteiger partial charge is 0.434 e. The summed E-state index contributed by atoms with van der Waals surface area (Å²) in [6, 6.07) is 1.96. The zero-order valence-corrected chi connectivity index (χ0v) is 15.5. The van der Waals surface area contributed by atoms with E-state index < -0.39 is 17.7 Å². The number of nitrogens with zero attached hydrogens (tertiary/aromatic N) is 2. The van der Waals surface area contributed by atoms with Gasteiger partial charge in [-0.3, -0.25) is 0 Å². The molecular weight excluding hydrogens is 391 g/mol. The highest BCUT2D eigenvalue weighted by Crippen LogP contribution is 2.40. The van der Waals surface area contributed by atoms with Gasteiger partial charge < -0.3 is 14.5 Å². The molecular formula is C19H16F3N3O2S. The molecule has 4 heterocycles. The van der Waals surface area contributed by atoms with Gasteiger partial charge >= 0.3 is 6.18 Å². The molecule has 1 spiro atoms. The van der Waals surface area contributed by atoms with E-state index in [9.17, 15) is 13.2 Å². The summed E-state index contributed by atoms with van der Waals surface area (Å²) in [5.74, 6) is -0.491. The molecule has 3 aromatic heterocycles. The Morgan fingerprint density at radius 3 is 2.71 bits per heavy atom. The predicted molar refractivity (Wildman–Crippen MR) is 98.7 cm³/mol. The number of alkyl halides is 3. The summed E-state index contributed by atoms with van der Waals surface area (Å²) in [4.78, 5) is 11.2. The number of allylic oxidation sites excluding steroid dienone is 1. The van der Waals surface area contributed by atoms with Crippen LogP contribution < -0.4 is 0 Å². The Bertz CT molecular complexity index is 1060. The van der Waals surface area contributed by atoms with E-state index in [2.05, 4.69) is 21.0 Å². The van der Waals surface area contributed by atoms with Crippen molar-refractivity contribution in [1.29, 1.82) is 0 Å². The lowest BCUT2D eigenvalue weighted by Crippen LogP contribution is -2.31. The number of H-pyrrole nitrogens is 1. The van der Waals surface area contributed by atoms with E-state index in [1.54, 1.807) is 12.4 Å². The first kappa shape index (κ1) is 17.8. The second kappa shape index (κ2) is 6.40. The number of rotatable bonds is 2. The minimum atomic E-state index is -4.45. The van der Waals surface area contributed by atoms with Crippen LogP contribution in [0.15, 0.2) is 29.9 Å². The number of halogens is 3. The minimum absolute atomic E-state index is 0.321. The van der Waals surface area contributed by atoms with Gasteiger partial charge in [-0.05, 0) is 23.6 Å². The van der Waals surface area contributed by atoms with Gasteiger partial charge in [-0.25, -0.2) is 9.97 Å². The van der Waals surface area contributed by atoms with E-state index in [1.165, 1.54) is 0 Å². The molecule has 0 aromatic carbocycles. The zero-order chi connectivity index (χ0) is 19.4. The normalized spacial score (nSPS) is 19.5. The average Bonchev–Trinajstić information content (AvgIpc) is 3.40. The van der Waals surface area contributed by atoms with Crippen molar-refractivity contribution < 1.29 is 22.6 Å². The summed E-state index contributed by atoms with van der Waals surface area (Å²) < 4.78 is 50.1. The number of nitrogens with one attached hydrogen (secondary N) is 1. The monoisotopic (exact) mass is 407 g/mol. The smallest absolute Gasteiger partial charge is 0.347 e. The van der Waals surface area contributed by atoms with Crippen LogP contribution in [-0.4, -0.2) is 34.0 Å². The highest BCUT2D eigenvalue weighted by atomic mass is 32.1. The molecule has 0 radical (unpaired) electrons. The number of aromatic amines is 1. The van der Waals surface area contributed by atoms with Crippen molar-refractivity contribution in [2.24, 2.45) is 0 Å². The van der Waals surface area contributed by atoms with Crippen molar-refractivity contribution >= 4 is 27.9 Å². The van der Waals surface area contributed by atoms with E-state index in [0.717, 1.165) is 46.1 Å². The van der Waals surface area contributed by atoms with Crippen molar-refractivity contribution in [2.75, 3.05) is 13.2 Å². The Kier molecular flexibility index (Phi) is 4.08. The molecule has 1 aliphatic heterocycles. The van der Waals surface area contributed by atoms with E-state index >= 15 is 0 Å². The Labute approximate surface area is 162 Å². The fraction of sp³-hybridized carbons (Fsp3) is 0.368. The summed E-state index contributed by atoms with van der Waals surface area (Å²) in [5.41, 5.74) is 2.47. The van der Waals surface area contributed by atoms with Crippen molar-refractivity contribution in [3.8, 4) is 10.6 Å². The number of pyridine rings is 1. The SMILES string of the molecule is FC(F)(F)c1csc(-c2c[nH]c3ncc(C4=CCC5(CC4)OCCO5)cc23)n1. The Morgan fingerprint density at radius 2 is 2.04 bits per heavy atom. The number of ether oxygens (including phenoxy) is 2. The first-order chi connectivity index (χ1) is 13.4. The van der Waals surface area contributed by atoms with Crippen LogP contribution in [0.3, 0.4) is 0 Å². The Morgan fingerprint density at radius 1 is 1.21 bits per heavy atom. The van der Waals surface area contributed by atoms with Gasteiger partial charge in [0.2, 0.25) is 0 Å². The van der Waals surface area contributed by atoms with Crippen LogP contribution in [-0.2, 0) is 15.7 Å². The topological polar surface area (TPSA) is 60.0 Å². The van der Waals surface area contributed by atoms with Crippen LogP contribution in [0, 0.1) is 0 Å². The molecule has 0 unspecified atom stereocenters. The lowest BCUT2D eigenvalue weighted by Gasteiger charge is -2.30. The van der Waals surface area contributed by atoms with Gasteiger partial charge in [-0.2, -0.15) is 13.2 Å². The lowest BCUT2D eigenvalue weighted by atomic mass is 9.90. The molecule has 2 aliphatic rings. The van der Waals surface area contributed by atoms with Crippen molar-refractivity contribution in [3.05, 3.63) is 41.2 Å². The van der Waals surface area contributed by atoms with Gasteiger partial charge in [-0.15, -0.1) is 11.3 Å². The standard InChI is InChI=1S/C19H16F3N3O2S/c20-19(21,22)15-10-28-17(25-15)14-9-24-16-13(14)7-12(8-23-16)11-1-3-18(4-2-11)26-5-6-27-18/h1,7-10H,2-6H2,(H,23,24). The van der Waals surface area contributed by atoms with Gasteiger partial charge in [-0.1, -0.05) is 6.08 Å². The van der Waals surface area contributed by atoms with Crippen molar-refractivity contribution in [2.45, 2.75) is 31.2 Å². The molecule has 0 amide bonds. The van der Waals surface area contributed by atoms with Crippen LogP contribution in [0.25, 0.3) is 27.2 Å². The molecule has 0 bridgehead atoms. The molecule has 0 saturated carbocycles. The highest BCUT2D eigenvalue weighted by molar-refractivity contribution is 7.13. The molecule has 1 saturated heterocycles. The summed E-state index contributed by atoms with van der Waals surface area (Å²) in [6.07, 6.45) is 3.35. The van der Waals surface area contributed by atoms with Crippen LogP contribution >= 0.6 is 11.3 Å². The fourth-order valence-electron chi connectivity index (χ4n) is 3.71. The third-order valence-electron chi connectivity index (χ3n) is 5.18. The molecule has 1 N–H and O–H groups in total. The first-order valence-corrected chi connectivity index (χ1v) is 9.79. The van der Waals surface area contributed by atoms with Gasteiger partial charge in [0.05, 0.1) is 13.2 Å². The zero-order valence-electron chi connectivity index (χ0n) is 14.7. The molecule has 3 aromatic rings.